The quantitative estimate of drug-likeness (QED) is 0.523. The molecule has 0 aliphatic heterocycles. The molecule has 0 aromatic heterocycles. The zero-order chi connectivity index (χ0) is 8.06. The fourth-order valence-electron chi connectivity index (χ4n) is 2.73. The molecular formula is C10H14O. The average Bonchev–Trinajstić information content (AvgIpc) is 2.48. The van der Waals surface area contributed by atoms with Crippen LogP contribution in [0.4, 0.5) is 0 Å². The fourth-order valence-corrected chi connectivity index (χ4v) is 2.73. The van der Waals surface area contributed by atoms with E-state index in [-0.39, 0.29) is 5.41 Å². The van der Waals surface area contributed by atoms with Gasteiger partial charge >= 0.3 is 0 Å². The topological polar surface area (TPSA) is 17.1 Å². The van der Waals surface area contributed by atoms with Gasteiger partial charge in [-0.25, -0.2) is 0 Å². The third-order valence-electron chi connectivity index (χ3n) is 3.58. The van der Waals surface area contributed by atoms with E-state index in [1.54, 1.807) is 0 Å². The maximum atomic E-state index is 11.5. The van der Waals surface area contributed by atoms with E-state index in [0.29, 0.717) is 17.6 Å². The normalized spacial score (nSPS) is 48.3. The minimum absolute atomic E-state index is 0.152. The lowest BCUT2D eigenvalue weighted by molar-refractivity contribution is -0.147. The van der Waals surface area contributed by atoms with Crippen molar-refractivity contribution in [3.05, 3.63) is 12.7 Å². The van der Waals surface area contributed by atoms with Gasteiger partial charge in [0.2, 0.25) is 0 Å². The van der Waals surface area contributed by atoms with Gasteiger partial charge in [0, 0.05) is 11.3 Å². The Labute approximate surface area is 67.5 Å². The molecular weight excluding hydrogens is 136 g/mol. The number of hydrogen-bond acceptors (Lipinski definition) is 1. The minimum Gasteiger partial charge on any atom is -0.298 e. The van der Waals surface area contributed by atoms with E-state index in [1.807, 2.05) is 13.0 Å². The molecule has 2 rings (SSSR count). The molecule has 2 saturated carbocycles. The van der Waals surface area contributed by atoms with Crippen LogP contribution in [0.1, 0.15) is 26.2 Å². The van der Waals surface area contributed by atoms with Crippen molar-refractivity contribution in [3.63, 3.8) is 0 Å². The lowest BCUT2D eigenvalue weighted by atomic mass is 9.55. The maximum absolute atomic E-state index is 11.5. The van der Waals surface area contributed by atoms with Crippen LogP contribution >= 0.6 is 0 Å². The first kappa shape index (κ1) is 7.08. The second-order valence-electron chi connectivity index (χ2n) is 3.99. The number of carbonyl (C=O) groups excluding carboxylic acids is 1. The van der Waals surface area contributed by atoms with Gasteiger partial charge in [-0.05, 0) is 25.7 Å². The summed E-state index contributed by atoms with van der Waals surface area (Å²) in [5.74, 6) is 1.47. The molecule has 3 atom stereocenters. The maximum Gasteiger partial charge on any atom is 0.146 e. The molecule has 0 bridgehead atoms. The largest absolute Gasteiger partial charge is 0.298 e. The van der Waals surface area contributed by atoms with E-state index in [9.17, 15) is 4.79 Å². The first-order valence-corrected chi connectivity index (χ1v) is 4.38. The van der Waals surface area contributed by atoms with Gasteiger partial charge in [0.05, 0.1) is 0 Å². The van der Waals surface area contributed by atoms with Crippen LogP contribution < -0.4 is 0 Å². The summed E-state index contributed by atoms with van der Waals surface area (Å²) < 4.78 is 0. The molecule has 60 valence electrons. The Balaban J connectivity index is 2.27. The van der Waals surface area contributed by atoms with E-state index in [1.165, 1.54) is 12.8 Å². The average molecular weight is 150 g/mol. The molecule has 2 fully saturated rings. The monoisotopic (exact) mass is 150 g/mol. The third kappa shape index (κ3) is 0.640. The summed E-state index contributed by atoms with van der Waals surface area (Å²) in [6, 6.07) is 0. The van der Waals surface area contributed by atoms with E-state index in [0.717, 1.165) is 6.42 Å². The van der Waals surface area contributed by atoms with Gasteiger partial charge in [-0.15, -0.1) is 6.58 Å². The SMILES string of the molecule is C=C[C@]1(C)C(=O)[C@@H]2CCC[C@@H]21. The molecule has 0 heterocycles. The summed E-state index contributed by atoms with van der Waals surface area (Å²) in [7, 11) is 0. The summed E-state index contributed by atoms with van der Waals surface area (Å²) in [5, 5.41) is 0. The van der Waals surface area contributed by atoms with Crippen LogP contribution in [0.3, 0.4) is 0 Å². The number of Topliss-reactive ketones (excluding diaryl/α,β-unsaturated/α-hetero) is 1. The zero-order valence-electron chi connectivity index (χ0n) is 6.97. The summed E-state index contributed by atoms with van der Waals surface area (Å²) in [6.07, 6.45) is 5.46. The van der Waals surface area contributed by atoms with E-state index in [4.69, 9.17) is 0 Å². The van der Waals surface area contributed by atoms with Crippen molar-refractivity contribution >= 4 is 5.78 Å². The van der Waals surface area contributed by atoms with Gasteiger partial charge in [0.1, 0.15) is 5.78 Å². The highest BCUT2D eigenvalue weighted by molar-refractivity contribution is 5.95. The van der Waals surface area contributed by atoms with Gasteiger partial charge in [0.25, 0.3) is 0 Å². The van der Waals surface area contributed by atoms with E-state index < -0.39 is 0 Å². The van der Waals surface area contributed by atoms with Crippen molar-refractivity contribution < 1.29 is 4.79 Å². The highest BCUT2D eigenvalue weighted by Crippen LogP contribution is 2.56. The summed E-state index contributed by atoms with van der Waals surface area (Å²) in [4.78, 5) is 11.5. The number of fused-ring (bicyclic) bond motifs is 1. The van der Waals surface area contributed by atoms with Crippen molar-refractivity contribution in [2.24, 2.45) is 17.3 Å². The van der Waals surface area contributed by atoms with Crippen LogP contribution in [0.2, 0.25) is 0 Å². The first-order valence-electron chi connectivity index (χ1n) is 4.38. The summed E-state index contributed by atoms with van der Waals surface area (Å²) in [6.45, 7) is 5.78. The molecule has 0 saturated heterocycles. The Bertz CT molecular complexity index is 219. The highest BCUT2D eigenvalue weighted by atomic mass is 16.1. The standard InChI is InChI=1S/C10H14O/c1-3-10(2)8-6-4-5-7(8)9(10)11/h3,7-8H,1,4-6H2,2H3/t7-,8+,10+/m1/s1. The van der Waals surface area contributed by atoms with Gasteiger partial charge in [-0.3, -0.25) is 4.79 Å². The molecule has 1 nitrogen and oxygen atoms in total. The van der Waals surface area contributed by atoms with Crippen molar-refractivity contribution in [1.29, 1.82) is 0 Å². The second kappa shape index (κ2) is 1.96. The van der Waals surface area contributed by atoms with E-state index in [2.05, 4.69) is 6.58 Å². The predicted octanol–water partition coefficient (Wildman–Crippen LogP) is 2.18. The molecule has 0 radical (unpaired) electrons. The van der Waals surface area contributed by atoms with Crippen LogP contribution in [0, 0.1) is 17.3 Å². The van der Waals surface area contributed by atoms with Crippen molar-refractivity contribution in [2.75, 3.05) is 0 Å². The number of hydrogen-bond donors (Lipinski definition) is 0. The van der Waals surface area contributed by atoms with Gasteiger partial charge in [0.15, 0.2) is 0 Å². The fraction of sp³-hybridized carbons (Fsp3) is 0.700. The lowest BCUT2D eigenvalue weighted by Crippen LogP contribution is -2.52. The first-order chi connectivity index (χ1) is 5.20. The number of allylic oxidation sites excluding steroid dienone is 1. The smallest absolute Gasteiger partial charge is 0.146 e. The Morgan fingerprint density at radius 1 is 1.64 bits per heavy atom. The summed E-state index contributed by atoms with van der Waals surface area (Å²) >= 11 is 0. The van der Waals surface area contributed by atoms with Gasteiger partial charge in [-0.1, -0.05) is 12.5 Å². The summed E-state index contributed by atoms with van der Waals surface area (Å²) in [5.41, 5.74) is -0.152. The predicted molar refractivity (Wildman–Crippen MR) is 44.1 cm³/mol. The molecule has 0 unspecified atom stereocenters. The van der Waals surface area contributed by atoms with Crippen molar-refractivity contribution in [1.82, 2.24) is 0 Å². The lowest BCUT2D eigenvalue weighted by Gasteiger charge is -2.46. The molecule has 1 heteroatoms. The second-order valence-corrected chi connectivity index (χ2v) is 3.99. The minimum atomic E-state index is -0.152. The van der Waals surface area contributed by atoms with Crippen LogP contribution in [0.15, 0.2) is 12.7 Å². The Hall–Kier alpha value is -0.590. The molecule has 0 spiro atoms. The zero-order valence-corrected chi connectivity index (χ0v) is 6.97. The molecule has 0 aromatic carbocycles. The van der Waals surface area contributed by atoms with Gasteiger partial charge < -0.3 is 0 Å². The van der Waals surface area contributed by atoms with Gasteiger partial charge in [-0.2, -0.15) is 0 Å². The molecule has 0 aromatic rings. The Morgan fingerprint density at radius 3 is 3.00 bits per heavy atom. The molecule has 0 N–H and O–H groups in total. The highest BCUT2D eigenvalue weighted by Gasteiger charge is 2.58. The number of ketones is 1. The molecule has 11 heavy (non-hydrogen) atoms. The van der Waals surface area contributed by atoms with Crippen LogP contribution in [0.5, 0.6) is 0 Å². The van der Waals surface area contributed by atoms with E-state index >= 15 is 0 Å². The van der Waals surface area contributed by atoms with Crippen LogP contribution in [-0.2, 0) is 4.79 Å². The van der Waals surface area contributed by atoms with Crippen molar-refractivity contribution in [3.8, 4) is 0 Å². The van der Waals surface area contributed by atoms with Crippen molar-refractivity contribution in [2.45, 2.75) is 26.2 Å². The third-order valence-corrected chi connectivity index (χ3v) is 3.58. The Morgan fingerprint density at radius 2 is 2.36 bits per heavy atom. The van der Waals surface area contributed by atoms with Crippen LogP contribution in [-0.4, -0.2) is 5.78 Å². The number of rotatable bonds is 1. The Kier molecular flexibility index (Phi) is 1.26. The molecule has 0 amide bonds. The molecule has 2 aliphatic carbocycles. The number of carbonyl (C=O) groups is 1. The molecule has 2 aliphatic rings. The van der Waals surface area contributed by atoms with Crippen LogP contribution in [0.25, 0.3) is 0 Å².